The van der Waals surface area contributed by atoms with E-state index in [1.165, 1.54) is 28.8 Å². The molecule has 0 unspecified atom stereocenters. The highest BCUT2D eigenvalue weighted by Gasteiger charge is 2.06. The highest BCUT2D eigenvalue weighted by Crippen LogP contribution is 2.20. The Morgan fingerprint density at radius 1 is 1.12 bits per heavy atom. The molecule has 1 heterocycles. The first kappa shape index (κ1) is 16.7. The van der Waals surface area contributed by atoms with Crippen molar-refractivity contribution in [1.82, 2.24) is 9.55 Å². The van der Waals surface area contributed by atoms with Crippen LogP contribution in [0, 0.1) is 12.7 Å². The Kier molecular flexibility index (Phi) is 4.79. The highest BCUT2D eigenvalue weighted by molar-refractivity contribution is 5.44. The van der Waals surface area contributed by atoms with E-state index in [1.54, 1.807) is 25.4 Å². The van der Waals surface area contributed by atoms with Gasteiger partial charge < -0.3 is 9.47 Å². The first-order valence-corrected chi connectivity index (χ1v) is 7.69. The Morgan fingerprint density at radius 2 is 1.88 bits per heavy atom. The van der Waals surface area contributed by atoms with Gasteiger partial charge in [-0.2, -0.15) is 4.98 Å². The number of hydrogen-bond acceptors (Lipinski definition) is 4. The first-order valence-electron chi connectivity index (χ1n) is 7.69. The zero-order chi connectivity index (χ0) is 17.8. The molecule has 2 aromatic carbocycles. The van der Waals surface area contributed by atoms with Crippen molar-refractivity contribution in [3.05, 3.63) is 82.3 Å². The number of halogens is 1. The van der Waals surface area contributed by atoms with Crippen molar-refractivity contribution in [2.24, 2.45) is 0 Å². The van der Waals surface area contributed by atoms with Crippen molar-refractivity contribution in [1.29, 1.82) is 0 Å². The molecule has 0 aliphatic carbocycles. The lowest BCUT2D eigenvalue weighted by atomic mass is 10.2. The lowest BCUT2D eigenvalue weighted by Gasteiger charge is -2.10. The summed E-state index contributed by atoms with van der Waals surface area (Å²) < 4.78 is 25.1. The molecule has 0 bridgehead atoms. The summed E-state index contributed by atoms with van der Waals surface area (Å²) in [5.74, 6) is 0.880. The van der Waals surface area contributed by atoms with Crippen molar-refractivity contribution in [2.45, 2.75) is 13.5 Å². The van der Waals surface area contributed by atoms with E-state index < -0.39 is 5.69 Å². The van der Waals surface area contributed by atoms with Crippen LogP contribution >= 0.6 is 0 Å². The Balaban J connectivity index is 1.79. The first-order chi connectivity index (χ1) is 12.1. The van der Waals surface area contributed by atoms with Crippen LogP contribution in [0.5, 0.6) is 11.5 Å². The van der Waals surface area contributed by atoms with Gasteiger partial charge in [0.25, 0.3) is 0 Å². The molecule has 0 radical (unpaired) electrons. The molecular weight excluding hydrogens is 323 g/mol. The fraction of sp³-hybridized carbons (Fsp3) is 0.158. The molecule has 0 spiro atoms. The van der Waals surface area contributed by atoms with E-state index in [0.29, 0.717) is 22.9 Å². The summed E-state index contributed by atoms with van der Waals surface area (Å²) in [6.45, 7) is 2.05. The molecule has 128 valence electrons. The summed E-state index contributed by atoms with van der Waals surface area (Å²) in [5, 5.41) is 0. The number of nitrogens with zero attached hydrogens (tertiary/aromatic N) is 2. The maximum absolute atomic E-state index is 12.9. The van der Waals surface area contributed by atoms with Gasteiger partial charge in [0.1, 0.15) is 23.9 Å². The number of aromatic nitrogens is 2. The smallest absolute Gasteiger partial charge is 0.352 e. The van der Waals surface area contributed by atoms with E-state index in [2.05, 4.69) is 4.98 Å². The average molecular weight is 340 g/mol. The number of methoxy groups -OCH3 is 1. The maximum atomic E-state index is 12.9. The molecule has 0 aliphatic rings. The summed E-state index contributed by atoms with van der Waals surface area (Å²) in [6.07, 6.45) is 1.64. The Hall–Kier alpha value is -3.15. The number of rotatable bonds is 5. The largest absolute Gasteiger partial charge is 0.496 e. The number of benzene rings is 2. The minimum absolute atomic E-state index is 0.124. The second kappa shape index (κ2) is 7.17. The van der Waals surface area contributed by atoms with Crippen molar-refractivity contribution in [3.63, 3.8) is 0 Å². The van der Waals surface area contributed by atoms with Crippen LogP contribution in [0.3, 0.4) is 0 Å². The van der Waals surface area contributed by atoms with Crippen molar-refractivity contribution in [3.8, 4) is 17.2 Å². The fourth-order valence-corrected chi connectivity index (χ4v) is 2.36. The van der Waals surface area contributed by atoms with Crippen LogP contribution in [0.15, 0.2) is 59.5 Å². The molecule has 3 aromatic rings. The van der Waals surface area contributed by atoms with Gasteiger partial charge in [0.2, 0.25) is 0 Å². The van der Waals surface area contributed by atoms with Gasteiger partial charge in [-0.1, -0.05) is 6.07 Å². The molecular formula is C19H17FN2O3. The molecule has 0 saturated heterocycles. The second-order valence-corrected chi connectivity index (χ2v) is 5.47. The normalized spacial score (nSPS) is 10.5. The molecule has 3 rings (SSSR count). The Bertz CT molecular complexity index is 936. The van der Waals surface area contributed by atoms with Crippen molar-refractivity contribution >= 4 is 0 Å². The molecule has 0 N–H and O–H groups in total. The van der Waals surface area contributed by atoms with E-state index in [1.807, 2.05) is 19.1 Å². The van der Waals surface area contributed by atoms with Crippen LogP contribution in [0.1, 0.15) is 11.3 Å². The molecule has 5 nitrogen and oxygen atoms in total. The zero-order valence-corrected chi connectivity index (χ0v) is 13.9. The minimum Gasteiger partial charge on any atom is -0.496 e. The van der Waals surface area contributed by atoms with Crippen LogP contribution < -0.4 is 15.2 Å². The fourth-order valence-electron chi connectivity index (χ4n) is 2.36. The summed E-state index contributed by atoms with van der Waals surface area (Å²) in [7, 11) is 1.59. The molecule has 1 aromatic heterocycles. The van der Waals surface area contributed by atoms with Crippen molar-refractivity contribution < 1.29 is 13.9 Å². The van der Waals surface area contributed by atoms with Gasteiger partial charge in [-0.25, -0.2) is 9.18 Å². The van der Waals surface area contributed by atoms with Gasteiger partial charge in [-0.3, -0.25) is 4.57 Å². The Labute approximate surface area is 144 Å². The van der Waals surface area contributed by atoms with E-state index in [0.717, 1.165) is 5.56 Å². The highest BCUT2D eigenvalue weighted by atomic mass is 19.1. The lowest BCUT2D eigenvalue weighted by Crippen LogP contribution is -2.22. The van der Waals surface area contributed by atoms with E-state index in [4.69, 9.17) is 9.47 Å². The average Bonchev–Trinajstić information content (AvgIpc) is 2.62. The summed E-state index contributed by atoms with van der Waals surface area (Å²) >= 11 is 0. The van der Waals surface area contributed by atoms with Crippen LogP contribution in [0.2, 0.25) is 0 Å². The van der Waals surface area contributed by atoms with Crippen LogP contribution in [0.25, 0.3) is 5.69 Å². The third-order valence-electron chi connectivity index (χ3n) is 3.73. The summed E-state index contributed by atoms with van der Waals surface area (Å²) in [5.41, 5.74) is 1.73. The van der Waals surface area contributed by atoms with E-state index in [9.17, 15) is 9.18 Å². The third-order valence-corrected chi connectivity index (χ3v) is 3.73. The van der Waals surface area contributed by atoms with Gasteiger partial charge in [0.05, 0.1) is 18.5 Å². The topological polar surface area (TPSA) is 53.4 Å². The van der Waals surface area contributed by atoms with Crippen LogP contribution in [-0.2, 0) is 6.61 Å². The Morgan fingerprint density at radius 3 is 2.56 bits per heavy atom. The molecule has 0 aliphatic heterocycles. The van der Waals surface area contributed by atoms with Crippen molar-refractivity contribution in [2.75, 3.05) is 7.11 Å². The predicted molar refractivity (Wildman–Crippen MR) is 91.9 cm³/mol. The third kappa shape index (κ3) is 3.85. The van der Waals surface area contributed by atoms with Gasteiger partial charge in [-0.15, -0.1) is 0 Å². The molecule has 0 fully saturated rings. The van der Waals surface area contributed by atoms with Crippen LogP contribution in [-0.4, -0.2) is 16.7 Å². The SMILES string of the molecule is COc1cc(-n2ccc(COc3ccc(F)cc3)nc2=O)ccc1C. The molecule has 25 heavy (non-hydrogen) atoms. The summed E-state index contributed by atoms with van der Waals surface area (Å²) in [6, 6.07) is 12.9. The number of ether oxygens (including phenoxy) is 2. The molecule has 0 atom stereocenters. The maximum Gasteiger partial charge on any atom is 0.352 e. The summed E-state index contributed by atoms with van der Waals surface area (Å²) in [4.78, 5) is 16.3. The number of hydrogen-bond donors (Lipinski definition) is 0. The van der Waals surface area contributed by atoms with Gasteiger partial charge in [0, 0.05) is 12.3 Å². The lowest BCUT2D eigenvalue weighted by molar-refractivity contribution is 0.300. The number of aryl methyl sites for hydroxylation is 1. The van der Waals surface area contributed by atoms with Crippen LogP contribution in [0.4, 0.5) is 4.39 Å². The molecule has 0 saturated carbocycles. The van der Waals surface area contributed by atoms with E-state index >= 15 is 0 Å². The van der Waals surface area contributed by atoms with Gasteiger partial charge >= 0.3 is 5.69 Å². The molecule has 0 amide bonds. The second-order valence-electron chi connectivity index (χ2n) is 5.47. The predicted octanol–water partition coefficient (Wildman–Crippen LogP) is 3.27. The molecule has 6 heteroatoms. The zero-order valence-electron chi connectivity index (χ0n) is 13.9. The quantitative estimate of drug-likeness (QED) is 0.715. The minimum atomic E-state index is -0.411. The monoisotopic (exact) mass is 340 g/mol. The van der Waals surface area contributed by atoms with Gasteiger partial charge in [0.15, 0.2) is 0 Å². The van der Waals surface area contributed by atoms with Gasteiger partial charge in [-0.05, 0) is 48.9 Å². The standard InChI is InChI=1S/C19H17FN2O3/c1-13-3-6-16(11-18(13)24-2)22-10-9-15(21-19(22)23)12-25-17-7-4-14(20)5-8-17/h3-11H,12H2,1-2H3. The van der Waals surface area contributed by atoms with E-state index in [-0.39, 0.29) is 12.4 Å².